The minimum atomic E-state index is 1.27. The summed E-state index contributed by atoms with van der Waals surface area (Å²) in [4.78, 5) is 0. The van der Waals surface area contributed by atoms with Gasteiger partial charge >= 0.3 is 0 Å². The van der Waals surface area contributed by atoms with Crippen molar-refractivity contribution in [2.24, 2.45) is 0 Å². The van der Waals surface area contributed by atoms with E-state index in [0.717, 1.165) is 0 Å². The summed E-state index contributed by atoms with van der Waals surface area (Å²) in [7, 11) is 0. The summed E-state index contributed by atoms with van der Waals surface area (Å²) in [6, 6.07) is 0. The molecule has 0 amide bonds. The van der Waals surface area contributed by atoms with Crippen LogP contribution in [-0.4, -0.2) is 0 Å². The first-order valence-electron chi connectivity index (χ1n) is 3.59. The molecule has 9 heavy (non-hydrogen) atoms. The van der Waals surface area contributed by atoms with Crippen LogP contribution in [0.5, 0.6) is 0 Å². The molecule has 0 saturated carbocycles. The molecule has 0 aromatic heterocycles. The molecular weight excluding hydrogens is 223 g/mol. The van der Waals surface area contributed by atoms with Crippen LogP contribution in [0.15, 0.2) is 9.66 Å². The maximum Gasteiger partial charge on any atom is -0.0165 e. The smallest absolute Gasteiger partial charge is 0.0165 e. The van der Waals surface area contributed by atoms with E-state index in [-0.39, 0.29) is 0 Å². The Morgan fingerprint density at radius 1 is 1.44 bits per heavy atom. The topological polar surface area (TPSA) is 0 Å². The van der Waals surface area contributed by atoms with Crippen LogP contribution in [0, 0.1) is 0 Å². The van der Waals surface area contributed by atoms with Gasteiger partial charge in [-0.05, 0) is 45.9 Å². The fourth-order valence-electron chi connectivity index (χ4n) is 0.695. The molecule has 0 atom stereocenters. The molecule has 0 saturated heterocycles. The second-order valence-electron chi connectivity index (χ2n) is 2.29. The van der Waals surface area contributed by atoms with Gasteiger partial charge in [-0.2, -0.15) is 0 Å². The van der Waals surface area contributed by atoms with Crippen LogP contribution < -0.4 is 0 Å². The average molecular weight is 238 g/mol. The van der Waals surface area contributed by atoms with Gasteiger partial charge < -0.3 is 0 Å². The third-order valence-electron chi connectivity index (χ3n) is 1.23. The summed E-state index contributed by atoms with van der Waals surface area (Å²) in [5, 5.41) is 0. The van der Waals surface area contributed by atoms with Crippen LogP contribution in [-0.2, 0) is 0 Å². The van der Waals surface area contributed by atoms with E-state index in [1.54, 1.807) is 0 Å². The number of allylic oxidation sites excluding steroid dienone is 2. The molecule has 54 valence electrons. The molecule has 0 aliphatic rings. The molecule has 0 aromatic rings. The van der Waals surface area contributed by atoms with Gasteiger partial charge in [0.05, 0.1) is 0 Å². The molecular formula is C8H15I. The zero-order valence-electron chi connectivity index (χ0n) is 6.28. The highest BCUT2D eigenvalue weighted by molar-refractivity contribution is 14.1. The lowest BCUT2D eigenvalue weighted by Gasteiger charge is -1.91. The largest absolute Gasteiger partial charge is 0.0755 e. The zero-order chi connectivity index (χ0) is 7.11. The maximum absolute atomic E-state index is 2.36. The molecule has 0 radical (unpaired) electrons. The Morgan fingerprint density at radius 2 is 2.11 bits per heavy atom. The lowest BCUT2D eigenvalue weighted by molar-refractivity contribution is 0.729. The molecule has 0 unspecified atom stereocenters. The first-order chi connectivity index (χ1) is 4.27. The van der Waals surface area contributed by atoms with Crippen molar-refractivity contribution < 1.29 is 0 Å². The van der Waals surface area contributed by atoms with Gasteiger partial charge in [0, 0.05) is 0 Å². The molecule has 0 N–H and O–H groups in total. The van der Waals surface area contributed by atoms with Crippen molar-refractivity contribution in [1.82, 2.24) is 0 Å². The van der Waals surface area contributed by atoms with Crippen molar-refractivity contribution in [2.75, 3.05) is 0 Å². The second-order valence-corrected chi connectivity index (χ2v) is 3.99. The molecule has 0 fully saturated rings. The van der Waals surface area contributed by atoms with E-state index >= 15 is 0 Å². The van der Waals surface area contributed by atoms with Crippen molar-refractivity contribution in [3.63, 3.8) is 0 Å². The van der Waals surface area contributed by atoms with Gasteiger partial charge in [-0.1, -0.05) is 25.8 Å². The third kappa shape index (κ3) is 8.47. The molecule has 0 aliphatic carbocycles. The molecule has 0 heterocycles. The first kappa shape index (κ1) is 9.47. The Balaban J connectivity index is 3.00. The van der Waals surface area contributed by atoms with Gasteiger partial charge in [0.15, 0.2) is 0 Å². The van der Waals surface area contributed by atoms with Crippen LogP contribution >= 0.6 is 22.6 Å². The molecule has 0 nitrogen and oxygen atoms in total. The van der Waals surface area contributed by atoms with Crippen LogP contribution in [0.3, 0.4) is 0 Å². The number of unbranched alkanes of at least 4 members (excludes halogenated alkanes) is 3. The third-order valence-corrected chi connectivity index (χ3v) is 1.67. The fraction of sp³-hybridized carbons (Fsp3) is 0.750. The van der Waals surface area contributed by atoms with E-state index in [2.05, 4.69) is 42.5 Å². The van der Waals surface area contributed by atoms with Crippen molar-refractivity contribution >= 4 is 22.6 Å². The molecule has 0 spiro atoms. The van der Waals surface area contributed by atoms with Gasteiger partial charge in [-0.3, -0.25) is 0 Å². The molecule has 0 aromatic carbocycles. The lowest BCUT2D eigenvalue weighted by atomic mass is 10.2. The quantitative estimate of drug-likeness (QED) is 0.514. The molecule has 0 bridgehead atoms. The van der Waals surface area contributed by atoms with E-state index in [9.17, 15) is 0 Å². The Kier molecular flexibility index (Phi) is 6.93. The predicted molar refractivity (Wildman–Crippen MR) is 51.9 cm³/mol. The minimum Gasteiger partial charge on any atom is -0.0755 e. The van der Waals surface area contributed by atoms with Crippen LogP contribution in [0.25, 0.3) is 0 Å². The summed E-state index contributed by atoms with van der Waals surface area (Å²) in [6.07, 6.45) is 7.63. The maximum atomic E-state index is 2.36. The number of hydrogen-bond acceptors (Lipinski definition) is 0. The highest BCUT2D eigenvalue weighted by atomic mass is 127. The molecule has 0 aliphatic heterocycles. The summed E-state index contributed by atoms with van der Waals surface area (Å²) >= 11 is 2.36. The predicted octanol–water partition coefficient (Wildman–Crippen LogP) is 3.91. The SMILES string of the molecule is CCCCC/C=C(\C)I. The second kappa shape index (κ2) is 6.59. The monoisotopic (exact) mass is 238 g/mol. The van der Waals surface area contributed by atoms with E-state index in [0.29, 0.717) is 0 Å². The highest BCUT2D eigenvalue weighted by Gasteiger charge is 1.82. The summed E-state index contributed by atoms with van der Waals surface area (Å²) in [6.45, 7) is 4.38. The van der Waals surface area contributed by atoms with E-state index < -0.39 is 0 Å². The van der Waals surface area contributed by atoms with Crippen molar-refractivity contribution in [3.05, 3.63) is 9.66 Å². The zero-order valence-corrected chi connectivity index (χ0v) is 8.44. The first-order valence-corrected chi connectivity index (χ1v) is 4.67. The lowest BCUT2D eigenvalue weighted by Crippen LogP contribution is -1.70. The van der Waals surface area contributed by atoms with E-state index in [1.165, 1.54) is 29.3 Å². The Bertz CT molecular complexity index is 80.6. The van der Waals surface area contributed by atoms with Gasteiger partial charge in [-0.25, -0.2) is 0 Å². The average Bonchev–Trinajstić information content (AvgIpc) is 1.80. The van der Waals surface area contributed by atoms with Gasteiger partial charge in [0.1, 0.15) is 0 Å². The van der Waals surface area contributed by atoms with Crippen molar-refractivity contribution in [2.45, 2.75) is 39.5 Å². The Morgan fingerprint density at radius 3 is 2.56 bits per heavy atom. The standard InChI is InChI=1S/C8H15I/c1-3-4-5-6-7-8(2)9/h7H,3-6H2,1-2H3/b8-7+. The Hall–Kier alpha value is 0.470. The Labute approximate surface area is 71.9 Å². The molecule has 0 rings (SSSR count). The van der Waals surface area contributed by atoms with Crippen LogP contribution in [0.2, 0.25) is 0 Å². The summed E-state index contributed by atoms with van der Waals surface area (Å²) in [5.74, 6) is 0. The highest BCUT2D eigenvalue weighted by Crippen LogP contribution is 2.07. The van der Waals surface area contributed by atoms with Crippen LogP contribution in [0.1, 0.15) is 39.5 Å². The molecule has 1 heteroatoms. The van der Waals surface area contributed by atoms with Gasteiger partial charge in [-0.15, -0.1) is 0 Å². The fourth-order valence-corrected chi connectivity index (χ4v) is 1.01. The van der Waals surface area contributed by atoms with E-state index in [1.807, 2.05) is 0 Å². The number of rotatable bonds is 4. The van der Waals surface area contributed by atoms with E-state index in [4.69, 9.17) is 0 Å². The normalized spacial score (nSPS) is 12.1. The minimum absolute atomic E-state index is 1.27. The van der Waals surface area contributed by atoms with Crippen molar-refractivity contribution in [1.29, 1.82) is 0 Å². The summed E-state index contributed by atoms with van der Waals surface area (Å²) in [5.41, 5.74) is 0. The van der Waals surface area contributed by atoms with Crippen LogP contribution in [0.4, 0.5) is 0 Å². The van der Waals surface area contributed by atoms with Crippen molar-refractivity contribution in [3.8, 4) is 0 Å². The van der Waals surface area contributed by atoms with Gasteiger partial charge in [0.2, 0.25) is 0 Å². The summed E-state index contributed by atoms with van der Waals surface area (Å²) < 4.78 is 1.42. The number of halogens is 1. The van der Waals surface area contributed by atoms with Gasteiger partial charge in [0.25, 0.3) is 0 Å². The number of hydrogen-bond donors (Lipinski definition) is 0.